The number of rotatable bonds is 1. The van der Waals surface area contributed by atoms with Gasteiger partial charge in [-0.3, -0.25) is 9.78 Å². The fourth-order valence-corrected chi connectivity index (χ4v) is 0.587. The number of nitrogens with two attached hydrogens (primary N) is 1. The third kappa shape index (κ3) is 1.07. The molecule has 0 aromatic carbocycles. The van der Waals surface area contributed by atoms with Crippen molar-refractivity contribution in [1.82, 2.24) is 9.97 Å². The van der Waals surface area contributed by atoms with Crippen molar-refractivity contribution in [3.8, 4) is 0 Å². The zero-order chi connectivity index (χ0) is 7.56. The van der Waals surface area contributed by atoms with Gasteiger partial charge in [-0.25, -0.2) is 4.98 Å². The van der Waals surface area contributed by atoms with E-state index in [2.05, 4.69) is 15.3 Å². The Morgan fingerprint density at radius 3 is 3.00 bits per heavy atom. The summed E-state index contributed by atoms with van der Waals surface area (Å²) in [6.07, 6.45) is 1.38. The van der Waals surface area contributed by atoms with Crippen molar-refractivity contribution in [3.05, 3.63) is 16.6 Å². The largest absolute Gasteiger partial charge is 0.382 e. The Kier molecular flexibility index (Phi) is 1.57. The summed E-state index contributed by atoms with van der Waals surface area (Å²) in [5, 5.41) is 2.66. The van der Waals surface area contributed by atoms with E-state index in [9.17, 15) is 4.79 Å². The zero-order valence-corrected chi connectivity index (χ0v) is 5.51. The molecule has 4 N–H and O–H groups in total. The molecule has 5 heteroatoms. The van der Waals surface area contributed by atoms with Crippen LogP contribution in [-0.2, 0) is 0 Å². The fourth-order valence-electron chi connectivity index (χ4n) is 0.587. The van der Waals surface area contributed by atoms with Gasteiger partial charge in [0.15, 0.2) is 5.95 Å². The number of hydrogen-bond donors (Lipinski definition) is 3. The van der Waals surface area contributed by atoms with Gasteiger partial charge in [-0.05, 0) is 0 Å². The van der Waals surface area contributed by atoms with Crippen molar-refractivity contribution in [2.24, 2.45) is 0 Å². The molecule has 0 radical (unpaired) electrons. The van der Waals surface area contributed by atoms with E-state index >= 15 is 0 Å². The molecule has 0 fully saturated rings. The van der Waals surface area contributed by atoms with Crippen molar-refractivity contribution >= 4 is 11.6 Å². The van der Waals surface area contributed by atoms with E-state index in [1.54, 1.807) is 7.05 Å². The smallest absolute Gasteiger partial charge is 0.275 e. The van der Waals surface area contributed by atoms with Gasteiger partial charge >= 0.3 is 0 Å². The Hall–Kier alpha value is -1.52. The minimum Gasteiger partial charge on any atom is -0.382 e. The van der Waals surface area contributed by atoms with Gasteiger partial charge in [-0.15, -0.1) is 0 Å². The van der Waals surface area contributed by atoms with E-state index in [0.717, 1.165) is 0 Å². The molecule has 0 aliphatic carbocycles. The molecule has 0 unspecified atom stereocenters. The average molecular weight is 140 g/mol. The lowest BCUT2D eigenvalue weighted by Crippen LogP contribution is -2.14. The van der Waals surface area contributed by atoms with Gasteiger partial charge in [0.1, 0.15) is 5.69 Å². The van der Waals surface area contributed by atoms with Crippen LogP contribution in [-0.4, -0.2) is 17.0 Å². The monoisotopic (exact) mass is 140 g/mol. The van der Waals surface area contributed by atoms with E-state index in [4.69, 9.17) is 5.73 Å². The Balaban J connectivity index is 3.20. The number of H-pyrrole nitrogens is 1. The first-order chi connectivity index (χ1) is 4.74. The van der Waals surface area contributed by atoms with Gasteiger partial charge in [0.05, 0.1) is 6.20 Å². The van der Waals surface area contributed by atoms with Crippen LogP contribution in [0.3, 0.4) is 0 Å². The summed E-state index contributed by atoms with van der Waals surface area (Å²) in [5.41, 5.74) is 5.34. The maximum absolute atomic E-state index is 10.8. The molecule has 0 amide bonds. The summed E-state index contributed by atoms with van der Waals surface area (Å²) in [4.78, 5) is 16.8. The van der Waals surface area contributed by atoms with E-state index in [1.165, 1.54) is 6.20 Å². The Morgan fingerprint density at radius 2 is 2.50 bits per heavy atom. The molecular formula is C5H8N4O. The molecule has 0 saturated carbocycles. The number of nitrogens with one attached hydrogen (secondary N) is 2. The summed E-state index contributed by atoms with van der Waals surface area (Å²) in [6, 6.07) is 0. The maximum atomic E-state index is 10.8. The summed E-state index contributed by atoms with van der Waals surface area (Å²) in [7, 11) is 1.64. The van der Waals surface area contributed by atoms with Crippen LogP contribution in [0.5, 0.6) is 0 Å². The second kappa shape index (κ2) is 2.38. The molecule has 1 aromatic heterocycles. The molecular weight excluding hydrogens is 132 g/mol. The quantitative estimate of drug-likeness (QED) is 0.486. The molecule has 0 aliphatic heterocycles. The van der Waals surface area contributed by atoms with Crippen LogP contribution < -0.4 is 16.6 Å². The van der Waals surface area contributed by atoms with Crippen LogP contribution in [0.2, 0.25) is 0 Å². The number of aromatic amines is 1. The Labute approximate surface area is 57.3 Å². The molecule has 1 heterocycles. The van der Waals surface area contributed by atoms with Crippen LogP contribution in [0.4, 0.5) is 11.6 Å². The number of anilines is 2. The number of hydrogen-bond acceptors (Lipinski definition) is 4. The molecule has 54 valence electrons. The highest BCUT2D eigenvalue weighted by Crippen LogP contribution is 1.92. The summed E-state index contributed by atoms with van der Waals surface area (Å²) < 4.78 is 0. The third-order valence-electron chi connectivity index (χ3n) is 1.09. The lowest BCUT2D eigenvalue weighted by Gasteiger charge is -1.96. The lowest BCUT2D eigenvalue weighted by molar-refractivity contribution is 1.13. The van der Waals surface area contributed by atoms with E-state index in [1.807, 2.05) is 0 Å². The van der Waals surface area contributed by atoms with Crippen molar-refractivity contribution in [2.45, 2.75) is 0 Å². The van der Waals surface area contributed by atoms with Crippen molar-refractivity contribution in [2.75, 3.05) is 18.1 Å². The highest BCUT2D eigenvalue weighted by atomic mass is 16.1. The molecule has 0 atom stereocenters. The van der Waals surface area contributed by atoms with Gasteiger partial charge in [-0.2, -0.15) is 0 Å². The number of aromatic nitrogens is 2. The second-order valence-electron chi connectivity index (χ2n) is 1.76. The molecule has 0 spiro atoms. The van der Waals surface area contributed by atoms with Crippen LogP contribution in [0.1, 0.15) is 0 Å². The van der Waals surface area contributed by atoms with Crippen molar-refractivity contribution < 1.29 is 0 Å². The van der Waals surface area contributed by atoms with Crippen molar-refractivity contribution in [1.29, 1.82) is 0 Å². The van der Waals surface area contributed by atoms with Gasteiger partial charge in [0, 0.05) is 7.05 Å². The Morgan fingerprint density at radius 1 is 1.80 bits per heavy atom. The minimum atomic E-state index is -0.255. The first-order valence-electron chi connectivity index (χ1n) is 2.76. The van der Waals surface area contributed by atoms with Gasteiger partial charge in [0.25, 0.3) is 5.56 Å². The molecule has 5 nitrogen and oxygen atoms in total. The summed E-state index contributed by atoms with van der Waals surface area (Å²) in [6.45, 7) is 0. The number of nitrogen functional groups attached to an aromatic ring is 1. The Bertz CT molecular complexity index is 279. The fraction of sp³-hybridized carbons (Fsp3) is 0.200. The summed E-state index contributed by atoms with van der Waals surface area (Å²) >= 11 is 0. The predicted molar refractivity (Wildman–Crippen MR) is 38.8 cm³/mol. The van der Waals surface area contributed by atoms with Crippen LogP contribution in [0, 0.1) is 0 Å². The highest BCUT2D eigenvalue weighted by molar-refractivity contribution is 5.38. The van der Waals surface area contributed by atoms with E-state index in [-0.39, 0.29) is 11.5 Å². The predicted octanol–water partition coefficient (Wildman–Crippen LogP) is -0.606. The molecule has 1 aromatic rings. The maximum Gasteiger partial charge on any atom is 0.275 e. The number of nitrogens with zero attached hydrogens (tertiary/aromatic N) is 1. The highest BCUT2D eigenvalue weighted by Gasteiger charge is 1.94. The molecule has 0 saturated heterocycles. The SMILES string of the molecule is CNc1cnc(N)[nH]c1=O. The van der Waals surface area contributed by atoms with Gasteiger partial charge < -0.3 is 11.1 Å². The molecule has 0 aliphatic rings. The van der Waals surface area contributed by atoms with Crippen LogP contribution >= 0.6 is 0 Å². The summed E-state index contributed by atoms with van der Waals surface area (Å²) in [5.74, 6) is 0.129. The van der Waals surface area contributed by atoms with Gasteiger partial charge in [0.2, 0.25) is 0 Å². The molecule has 0 bridgehead atoms. The second-order valence-corrected chi connectivity index (χ2v) is 1.76. The van der Waals surface area contributed by atoms with Gasteiger partial charge in [-0.1, -0.05) is 0 Å². The zero-order valence-electron chi connectivity index (χ0n) is 5.51. The first kappa shape index (κ1) is 6.60. The topological polar surface area (TPSA) is 83.8 Å². The van der Waals surface area contributed by atoms with Crippen molar-refractivity contribution in [3.63, 3.8) is 0 Å². The standard InChI is InChI=1S/C5H8N4O/c1-7-3-2-8-5(6)9-4(3)10/h2,7H,1H3,(H3,6,8,9,10). The third-order valence-corrected chi connectivity index (χ3v) is 1.09. The van der Waals surface area contributed by atoms with Crippen LogP contribution in [0.15, 0.2) is 11.0 Å². The minimum absolute atomic E-state index is 0.129. The van der Waals surface area contributed by atoms with Crippen LogP contribution in [0.25, 0.3) is 0 Å². The molecule has 10 heavy (non-hydrogen) atoms. The van der Waals surface area contributed by atoms with E-state index in [0.29, 0.717) is 5.69 Å². The lowest BCUT2D eigenvalue weighted by atomic mass is 10.5. The molecule has 1 rings (SSSR count). The average Bonchev–Trinajstić information content (AvgIpc) is 1.88. The normalized spacial score (nSPS) is 9.30. The van der Waals surface area contributed by atoms with E-state index < -0.39 is 0 Å². The first-order valence-corrected chi connectivity index (χ1v) is 2.76.